The fraction of sp³-hybridized carbons (Fsp3) is 0.833. The van der Waals surface area contributed by atoms with Crippen LogP contribution in [-0.4, -0.2) is 18.8 Å². The van der Waals surface area contributed by atoms with E-state index in [1.807, 2.05) is 6.07 Å². The molecule has 0 unspecified atom stereocenters. The van der Waals surface area contributed by atoms with Crippen LogP contribution < -0.4 is 5.32 Å². The van der Waals surface area contributed by atoms with Gasteiger partial charge in [-0.25, -0.2) is 4.39 Å². The Hall–Kier alpha value is -0.330. The Morgan fingerprint density at radius 1 is 1.60 bits per heavy atom. The van der Waals surface area contributed by atoms with E-state index in [-0.39, 0.29) is 12.4 Å². The number of nitriles is 1. The van der Waals surface area contributed by atoms with Gasteiger partial charge in [0.1, 0.15) is 5.67 Å². The standard InChI is InChI=1S/C6H9FN2.ClH/c7-6(2-1-3-8)4-9-5-6;/h9H,1-2,4-5H2;1H. The smallest absolute Gasteiger partial charge is 0.136 e. The van der Waals surface area contributed by atoms with Crippen molar-refractivity contribution in [2.75, 3.05) is 13.1 Å². The van der Waals surface area contributed by atoms with E-state index in [1.165, 1.54) is 0 Å². The van der Waals surface area contributed by atoms with Crippen LogP contribution in [0.4, 0.5) is 4.39 Å². The molecule has 0 aromatic heterocycles. The van der Waals surface area contributed by atoms with Gasteiger partial charge in [-0.3, -0.25) is 0 Å². The molecule has 0 aliphatic carbocycles. The van der Waals surface area contributed by atoms with Crippen LogP contribution in [0.15, 0.2) is 0 Å². The molecule has 1 aliphatic heterocycles. The van der Waals surface area contributed by atoms with Crippen LogP contribution in [0.1, 0.15) is 12.8 Å². The Balaban J connectivity index is 0.000000810. The molecule has 0 aromatic carbocycles. The average molecular weight is 165 g/mol. The summed E-state index contributed by atoms with van der Waals surface area (Å²) in [4.78, 5) is 0. The predicted octanol–water partition coefficient (Wildman–Crippen LogP) is 1.02. The van der Waals surface area contributed by atoms with Crippen molar-refractivity contribution in [2.24, 2.45) is 0 Å². The third-order valence-electron chi connectivity index (χ3n) is 1.57. The molecule has 58 valence electrons. The quantitative estimate of drug-likeness (QED) is 0.662. The van der Waals surface area contributed by atoms with Crippen LogP contribution in [0.25, 0.3) is 0 Å². The highest BCUT2D eigenvalue weighted by Gasteiger charge is 2.35. The Labute approximate surface area is 65.8 Å². The zero-order valence-electron chi connectivity index (χ0n) is 5.56. The van der Waals surface area contributed by atoms with Crippen LogP contribution >= 0.6 is 12.4 Å². The third-order valence-corrected chi connectivity index (χ3v) is 1.57. The van der Waals surface area contributed by atoms with Gasteiger partial charge in [0, 0.05) is 19.5 Å². The molecule has 4 heteroatoms. The van der Waals surface area contributed by atoms with Crippen molar-refractivity contribution >= 4 is 12.4 Å². The first-order valence-electron chi connectivity index (χ1n) is 3.03. The van der Waals surface area contributed by atoms with E-state index in [1.54, 1.807) is 0 Å². The van der Waals surface area contributed by atoms with Gasteiger partial charge >= 0.3 is 0 Å². The molecule has 0 bridgehead atoms. The maximum Gasteiger partial charge on any atom is 0.136 e. The maximum absolute atomic E-state index is 12.9. The molecule has 1 fully saturated rings. The monoisotopic (exact) mass is 164 g/mol. The predicted molar refractivity (Wildman–Crippen MR) is 38.8 cm³/mol. The van der Waals surface area contributed by atoms with Crippen LogP contribution in [0.3, 0.4) is 0 Å². The van der Waals surface area contributed by atoms with Gasteiger partial charge in [-0.15, -0.1) is 12.4 Å². The van der Waals surface area contributed by atoms with E-state index in [2.05, 4.69) is 5.32 Å². The van der Waals surface area contributed by atoms with Gasteiger partial charge in [-0.05, 0) is 6.42 Å². The zero-order chi connectivity index (χ0) is 6.74. The molecule has 10 heavy (non-hydrogen) atoms. The summed E-state index contributed by atoms with van der Waals surface area (Å²) in [5, 5.41) is 10.9. The lowest BCUT2D eigenvalue weighted by molar-refractivity contribution is 0.0822. The molecule has 0 spiro atoms. The summed E-state index contributed by atoms with van der Waals surface area (Å²) < 4.78 is 12.9. The molecule has 1 saturated heterocycles. The number of nitrogens with one attached hydrogen (secondary N) is 1. The summed E-state index contributed by atoms with van der Waals surface area (Å²) in [6, 6.07) is 1.92. The summed E-state index contributed by atoms with van der Waals surface area (Å²) in [5.74, 6) is 0. The SMILES string of the molecule is Cl.N#CCCC1(F)CNC1. The minimum atomic E-state index is -1.06. The van der Waals surface area contributed by atoms with E-state index >= 15 is 0 Å². The topological polar surface area (TPSA) is 35.8 Å². The van der Waals surface area contributed by atoms with Crippen molar-refractivity contribution in [3.8, 4) is 6.07 Å². The number of halogens is 2. The van der Waals surface area contributed by atoms with Gasteiger partial charge < -0.3 is 5.32 Å². The largest absolute Gasteiger partial charge is 0.310 e. The number of rotatable bonds is 2. The zero-order valence-corrected chi connectivity index (χ0v) is 6.38. The lowest BCUT2D eigenvalue weighted by atomic mass is 9.94. The van der Waals surface area contributed by atoms with Crippen molar-refractivity contribution in [1.82, 2.24) is 5.32 Å². The van der Waals surface area contributed by atoms with Crippen LogP contribution in [-0.2, 0) is 0 Å². The lowest BCUT2D eigenvalue weighted by Crippen LogP contribution is -2.56. The molecule has 1 heterocycles. The van der Waals surface area contributed by atoms with E-state index in [9.17, 15) is 4.39 Å². The van der Waals surface area contributed by atoms with Crippen molar-refractivity contribution in [3.63, 3.8) is 0 Å². The Kier molecular flexibility index (Phi) is 3.62. The lowest BCUT2D eigenvalue weighted by Gasteiger charge is -2.34. The van der Waals surface area contributed by atoms with Gasteiger partial charge in [-0.2, -0.15) is 5.26 Å². The number of hydrogen-bond acceptors (Lipinski definition) is 2. The molecule has 0 amide bonds. The number of alkyl halides is 1. The normalized spacial score (nSPS) is 20.0. The molecule has 1 aliphatic rings. The molecular formula is C6H10ClFN2. The second-order valence-electron chi connectivity index (χ2n) is 2.41. The first-order valence-corrected chi connectivity index (χ1v) is 3.03. The molecule has 0 atom stereocenters. The molecule has 0 saturated carbocycles. The fourth-order valence-electron chi connectivity index (χ4n) is 0.853. The van der Waals surface area contributed by atoms with E-state index in [0.29, 0.717) is 25.9 Å². The summed E-state index contributed by atoms with van der Waals surface area (Å²) in [5.41, 5.74) is -1.06. The summed E-state index contributed by atoms with van der Waals surface area (Å²) >= 11 is 0. The van der Waals surface area contributed by atoms with E-state index in [0.717, 1.165) is 0 Å². The second-order valence-corrected chi connectivity index (χ2v) is 2.41. The van der Waals surface area contributed by atoms with Crippen molar-refractivity contribution in [3.05, 3.63) is 0 Å². The Morgan fingerprint density at radius 2 is 2.20 bits per heavy atom. The molecule has 1 rings (SSSR count). The molecule has 0 aromatic rings. The minimum absolute atomic E-state index is 0. The second kappa shape index (κ2) is 3.75. The van der Waals surface area contributed by atoms with Crippen molar-refractivity contribution in [2.45, 2.75) is 18.5 Å². The van der Waals surface area contributed by atoms with Crippen molar-refractivity contribution in [1.29, 1.82) is 5.26 Å². The highest BCUT2D eigenvalue weighted by atomic mass is 35.5. The summed E-state index contributed by atoms with van der Waals surface area (Å²) in [7, 11) is 0. The van der Waals surface area contributed by atoms with Crippen molar-refractivity contribution < 1.29 is 4.39 Å². The molecule has 2 nitrogen and oxygen atoms in total. The fourth-order valence-corrected chi connectivity index (χ4v) is 0.853. The van der Waals surface area contributed by atoms with Crippen LogP contribution in [0, 0.1) is 11.3 Å². The Morgan fingerprint density at radius 3 is 2.50 bits per heavy atom. The first-order chi connectivity index (χ1) is 4.27. The van der Waals surface area contributed by atoms with E-state index in [4.69, 9.17) is 5.26 Å². The first kappa shape index (κ1) is 9.67. The Bertz CT molecular complexity index is 139. The summed E-state index contributed by atoms with van der Waals surface area (Å²) in [6.07, 6.45) is 0.717. The third kappa shape index (κ3) is 2.13. The number of hydrogen-bond donors (Lipinski definition) is 1. The minimum Gasteiger partial charge on any atom is -0.310 e. The maximum atomic E-state index is 12.9. The highest BCUT2D eigenvalue weighted by molar-refractivity contribution is 5.85. The average Bonchev–Trinajstić information content (AvgIpc) is 1.79. The van der Waals surface area contributed by atoms with Gasteiger partial charge in [-0.1, -0.05) is 0 Å². The molecule has 0 radical (unpaired) electrons. The van der Waals surface area contributed by atoms with Gasteiger partial charge in [0.15, 0.2) is 0 Å². The summed E-state index contributed by atoms with van der Waals surface area (Å²) in [6.45, 7) is 0.851. The van der Waals surface area contributed by atoms with Crippen LogP contribution in [0.2, 0.25) is 0 Å². The number of nitrogens with zero attached hydrogens (tertiary/aromatic N) is 1. The molecular weight excluding hydrogens is 155 g/mol. The van der Waals surface area contributed by atoms with Gasteiger partial charge in [0.2, 0.25) is 0 Å². The van der Waals surface area contributed by atoms with Gasteiger partial charge in [0.25, 0.3) is 0 Å². The van der Waals surface area contributed by atoms with E-state index < -0.39 is 5.67 Å². The highest BCUT2D eigenvalue weighted by Crippen LogP contribution is 2.21. The van der Waals surface area contributed by atoms with Crippen LogP contribution in [0.5, 0.6) is 0 Å². The molecule has 1 N–H and O–H groups in total. The van der Waals surface area contributed by atoms with Gasteiger partial charge in [0.05, 0.1) is 6.07 Å².